The maximum atomic E-state index is 13.5. The van der Waals surface area contributed by atoms with Gasteiger partial charge in [-0.3, -0.25) is 9.10 Å². The number of nitrogens with one attached hydrogen (secondary N) is 1. The zero-order chi connectivity index (χ0) is 20.2. The van der Waals surface area contributed by atoms with Crippen LogP contribution in [0.3, 0.4) is 0 Å². The van der Waals surface area contributed by atoms with Crippen LogP contribution in [0.15, 0.2) is 42.5 Å². The SMILES string of the molecule is CC(C)Oc1ccccc1NC(=O)CN(c1ccc(F)c(F)c1)S(C)(=O)=O. The van der Waals surface area contributed by atoms with E-state index in [-0.39, 0.29) is 11.8 Å². The molecule has 1 amide bonds. The van der Waals surface area contributed by atoms with E-state index in [1.165, 1.54) is 0 Å². The summed E-state index contributed by atoms with van der Waals surface area (Å²) in [5.74, 6) is -2.56. The van der Waals surface area contributed by atoms with Gasteiger partial charge in [-0.2, -0.15) is 0 Å². The third kappa shape index (κ3) is 5.65. The van der Waals surface area contributed by atoms with Gasteiger partial charge < -0.3 is 10.1 Å². The highest BCUT2D eigenvalue weighted by Gasteiger charge is 2.22. The van der Waals surface area contributed by atoms with Crippen molar-refractivity contribution in [3.05, 3.63) is 54.1 Å². The van der Waals surface area contributed by atoms with Crippen molar-refractivity contribution in [3.63, 3.8) is 0 Å². The molecule has 27 heavy (non-hydrogen) atoms. The van der Waals surface area contributed by atoms with Crippen molar-refractivity contribution in [1.82, 2.24) is 0 Å². The Hall–Kier alpha value is -2.68. The summed E-state index contributed by atoms with van der Waals surface area (Å²) in [6.07, 6.45) is 0.745. The fourth-order valence-corrected chi connectivity index (χ4v) is 3.14. The first-order valence-corrected chi connectivity index (χ1v) is 9.91. The van der Waals surface area contributed by atoms with Crippen LogP contribution < -0.4 is 14.4 Å². The van der Waals surface area contributed by atoms with Gasteiger partial charge in [0.2, 0.25) is 15.9 Å². The summed E-state index contributed by atoms with van der Waals surface area (Å²) in [5, 5.41) is 2.58. The summed E-state index contributed by atoms with van der Waals surface area (Å²) in [6.45, 7) is 3.04. The number of ether oxygens (including phenoxy) is 1. The van der Waals surface area contributed by atoms with Crippen molar-refractivity contribution < 1.29 is 26.7 Å². The van der Waals surface area contributed by atoms with E-state index in [1.807, 2.05) is 13.8 Å². The average molecular weight is 398 g/mol. The summed E-state index contributed by atoms with van der Waals surface area (Å²) in [6, 6.07) is 9.30. The number of amides is 1. The second kappa shape index (κ2) is 8.34. The molecule has 1 N–H and O–H groups in total. The second-order valence-electron chi connectivity index (χ2n) is 6.08. The molecule has 0 saturated heterocycles. The zero-order valence-electron chi connectivity index (χ0n) is 15.1. The van der Waals surface area contributed by atoms with Gasteiger partial charge in [-0.15, -0.1) is 0 Å². The van der Waals surface area contributed by atoms with Crippen molar-refractivity contribution in [2.75, 3.05) is 22.4 Å². The van der Waals surface area contributed by atoms with E-state index < -0.39 is 34.1 Å². The van der Waals surface area contributed by atoms with E-state index in [0.717, 1.165) is 24.5 Å². The summed E-state index contributed by atoms with van der Waals surface area (Å²) in [7, 11) is -3.91. The van der Waals surface area contributed by atoms with Crippen LogP contribution in [-0.4, -0.2) is 33.2 Å². The third-order valence-electron chi connectivity index (χ3n) is 3.40. The van der Waals surface area contributed by atoms with Crippen LogP contribution in [0.25, 0.3) is 0 Å². The van der Waals surface area contributed by atoms with Crippen LogP contribution >= 0.6 is 0 Å². The molecule has 9 heteroatoms. The van der Waals surface area contributed by atoms with Gasteiger partial charge in [-0.05, 0) is 38.1 Å². The van der Waals surface area contributed by atoms with Gasteiger partial charge in [0.05, 0.1) is 23.7 Å². The van der Waals surface area contributed by atoms with Crippen LogP contribution in [0.2, 0.25) is 0 Å². The summed E-state index contributed by atoms with van der Waals surface area (Å²) in [4.78, 5) is 12.4. The largest absolute Gasteiger partial charge is 0.489 e. The van der Waals surface area contributed by atoms with Crippen molar-refractivity contribution in [2.45, 2.75) is 20.0 Å². The minimum atomic E-state index is -3.91. The quantitative estimate of drug-likeness (QED) is 0.777. The number of rotatable bonds is 7. The number of hydrogen-bond acceptors (Lipinski definition) is 4. The Bertz CT molecular complexity index is 933. The molecular weight excluding hydrogens is 378 g/mol. The number of nitrogens with zero attached hydrogens (tertiary/aromatic N) is 1. The lowest BCUT2D eigenvalue weighted by Crippen LogP contribution is -2.37. The van der Waals surface area contributed by atoms with Crippen LogP contribution in [0.5, 0.6) is 5.75 Å². The maximum absolute atomic E-state index is 13.5. The van der Waals surface area contributed by atoms with E-state index in [4.69, 9.17) is 4.74 Å². The highest BCUT2D eigenvalue weighted by Crippen LogP contribution is 2.25. The lowest BCUT2D eigenvalue weighted by atomic mass is 10.2. The Balaban J connectivity index is 2.24. The standard InChI is InChI=1S/C18H20F2N2O4S/c1-12(2)26-17-7-5-4-6-16(17)21-18(23)11-22(27(3,24)25)13-8-9-14(19)15(20)10-13/h4-10,12H,11H2,1-3H3,(H,21,23). The van der Waals surface area contributed by atoms with Crippen LogP contribution in [0.1, 0.15) is 13.8 Å². The topological polar surface area (TPSA) is 75.7 Å². The average Bonchev–Trinajstić information content (AvgIpc) is 2.56. The lowest BCUT2D eigenvalue weighted by molar-refractivity contribution is -0.114. The maximum Gasteiger partial charge on any atom is 0.245 e. The fourth-order valence-electron chi connectivity index (χ4n) is 2.29. The number of carbonyl (C=O) groups excluding carboxylic acids is 1. The predicted octanol–water partition coefficient (Wildman–Crippen LogP) is 3.16. The molecular formula is C18H20F2N2O4S. The highest BCUT2D eigenvalue weighted by atomic mass is 32.2. The Morgan fingerprint density at radius 1 is 1.15 bits per heavy atom. The molecule has 0 saturated carbocycles. The van der Waals surface area contributed by atoms with Crippen LogP contribution in [0, 0.1) is 11.6 Å². The number of para-hydroxylation sites is 2. The minimum Gasteiger partial charge on any atom is -0.489 e. The Labute approximate surface area is 156 Å². The van der Waals surface area contributed by atoms with Gasteiger partial charge in [-0.1, -0.05) is 12.1 Å². The van der Waals surface area contributed by atoms with Crippen molar-refractivity contribution in [1.29, 1.82) is 0 Å². The summed E-state index contributed by atoms with van der Waals surface area (Å²) < 4.78 is 56.9. The summed E-state index contributed by atoms with van der Waals surface area (Å²) >= 11 is 0. The molecule has 0 aliphatic carbocycles. The molecule has 0 unspecified atom stereocenters. The van der Waals surface area contributed by atoms with E-state index in [1.54, 1.807) is 24.3 Å². The summed E-state index contributed by atoms with van der Waals surface area (Å²) in [5.41, 5.74) is 0.216. The number of carbonyl (C=O) groups is 1. The molecule has 2 aromatic rings. The molecule has 2 rings (SSSR count). The van der Waals surface area contributed by atoms with Gasteiger partial charge >= 0.3 is 0 Å². The first kappa shape index (κ1) is 20.6. The number of sulfonamides is 1. The molecule has 0 spiro atoms. The van der Waals surface area contributed by atoms with Gasteiger partial charge in [0, 0.05) is 6.07 Å². The normalized spacial score (nSPS) is 11.3. The number of anilines is 2. The van der Waals surface area contributed by atoms with Crippen LogP contribution in [0.4, 0.5) is 20.2 Å². The molecule has 0 atom stereocenters. The van der Waals surface area contributed by atoms with Gasteiger partial charge in [0.25, 0.3) is 0 Å². The number of halogens is 2. The molecule has 6 nitrogen and oxygen atoms in total. The second-order valence-corrected chi connectivity index (χ2v) is 7.99. The fraction of sp³-hybridized carbons (Fsp3) is 0.278. The molecule has 0 radical (unpaired) electrons. The molecule has 0 aliphatic heterocycles. The van der Waals surface area contributed by atoms with E-state index >= 15 is 0 Å². The lowest BCUT2D eigenvalue weighted by Gasteiger charge is -2.22. The molecule has 0 aromatic heterocycles. The first-order chi connectivity index (χ1) is 12.6. The number of benzene rings is 2. The van der Waals surface area contributed by atoms with Gasteiger partial charge in [0.1, 0.15) is 12.3 Å². The smallest absolute Gasteiger partial charge is 0.245 e. The molecule has 2 aromatic carbocycles. The molecule has 0 aliphatic rings. The highest BCUT2D eigenvalue weighted by molar-refractivity contribution is 7.92. The van der Waals surface area contributed by atoms with Gasteiger partial charge in [0.15, 0.2) is 11.6 Å². The van der Waals surface area contributed by atoms with Crippen LogP contribution in [-0.2, 0) is 14.8 Å². The van der Waals surface area contributed by atoms with E-state index in [0.29, 0.717) is 15.7 Å². The molecule has 0 fully saturated rings. The monoisotopic (exact) mass is 398 g/mol. The molecule has 0 heterocycles. The molecule has 0 bridgehead atoms. The Morgan fingerprint density at radius 2 is 1.81 bits per heavy atom. The first-order valence-electron chi connectivity index (χ1n) is 8.06. The Morgan fingerprint density at radius 3 is 2.41 bits per heavy atom. The van der Waals surface area contributed by atoms with Crippen molar-refractivity contribution in [2.24, 2.45) is 0 Å². The third-order valence-corrected chi connectivity index (χ3v) is 4.54. The van der Waals surface area contributed by atoms with E-state index in [9.17, 15) is 22.0 Å². The molecule has 146 valence electrons. The van der Waals surface area contributed by atoms with Crippen molar-refractivity contribution >= 4 is 27.3 Å². The predicted molar refractivity (Wildman–Crippen MR) is 99.4 cm³/mol. The number of hydrogen-bond donors (Lipinski definition) is 1. The van der Waals surface area contributed by atoms with Gasteiger partial charge in [-0.25, -0.2) is 17.2 Å². The minimum absolute atomic E-state index is 0.127. The Kier molecular flexibility index (Phi) is 6.37. The van der Waals surface area contributed by atoms with E-state index in [2.05, 4.69) is 5.32 Å². The van der Waals surface area contributed by atoms with Crippen molar-refractivity contribution in [3.8, 4) is 5.75 Å². The zero-order valence-corrected chi connectivity index (χ0v) is 15.9.